The van der Waals surface area contributed by atoms with Crippen LogP contribution in [-0.2, 0) is 7.05 Å². The van der Waals surface area contributed by atoms with Gasteiger partial charge in [0.25, 0.3) is 5.91 Å². The van der Waals surface area contributed by atoms with Gasteiger partial charge in [-0.05, 0) is 24.1 Å². The van der Waals surface area contributed by atoms with Crippen LogP contribution in [-0.4, -0.2) is 29.4 Å². The number of nitrogens with one attached hydrogen (secondary N) is 1. The number of aryl methyl sites for hydroxylation is 1. The molecule has 0 saturated carbocycles. The molecule has 0 aliphatic carbocycles. The van der Waals surface area contributed by atoms with Crippen molar-refractivity contribution < 1.29 is 14.3 Å². The molecule has 1 N–H and O–H groups in total. The van der Waals surface area contributed by atoms with Gasteiger partial charge in [0.05, 0.1) is 25.6 Å². The highest BCUT2D eigenvalue weighted by Gasteiger charge is 2.12. The fraction of sp³-hybridized carbons (Fsp3) is 0.375. The van der Waals surface area contributed by atoms with Gasteiger partial charge in [-0.3, -0.25) is 9.48 Å². The van der Waals surface area contributed by atoms with Gasteiger partial charge in [0.2, 0.25) is 0 Å². The molecule has 1 aromatic heterocycles. The molecular weight excluding hydrogens is 282 g/mol. The summed E-state index contributed by atoms with van der Waals surface area (Å²) in [7, 11) is 3.35. The molecule has 0 saturated heterocycles. The first-order valence-corrected chi connectivity index (χ1v) is 7.10. The van der Waals surface area contributed by atoms with Crippen molar-refractivity contribution in [2.24, 2.45) is 13.0 Å². The van der Waals surface area contributed by atoms with Gasteiger partial charge in [0.15, 0.2) is 11.5 Å². The number of nitrogens with zero attached hydrogens (tertiary/aromatic N) is 2. The molecule has 118 valence electrons. The Bertz CT molecular complexity index is 650. The number of benzene rings is 1. The summed E-state index contributed by atoms with van der Waals surface area (Å²) >= 11 is 0. The normalized spacial score (nSPS) is 10.6. The number of anilines is 1. The third-order valence-corrected chi connectivity index (χ3v) is 2.96. The average molecular weight is 303 g/mol. The highest BCUT2D eigenvalue weighted by atomic mass is 16.5. The van der Waals surface area contributed by atoms with Crippen molar-refractivity contribution >= 4 is 11.6 Å². The second kappa shape index (κ2) is 6.98. The van der Waals surface area contributed by atoms with Crippen LogP contribution in [0.4, 0.5) is 5.69 Å². The van der Waals surface area contributed by atoms with Crippen LogP contribution in [0.25, 0.3) is 0 Å². The van der Waals surface area contributed by atoms with Crippen molar-refractivity contribution in [1.82, 2.24) is 9.78 Å². The van der Waals surface area contributed by atoms with Crippen molar-refractivity contribution in [3.63, 3.8) is 0 Å². The molecule has 6 heteroatoms. The summed E-state index contributed by atoms with van der Waals surface area (Å²) in [5, 5.41) is 6.79. The quantitative estimate of drug-likeness (QED) is 0.891. The number of ether oxygens (including phenoxy) is 2. The highest BCUT2D eigenvalue weighted by Crippen LogP contribution is 2.28. The van der Waals surface area contributed by atoms with E-state index in [1.807, 2.05) is 0 Å². The van der Waals surface area contributed by atoms with E-state index < -0.39 is 0 Å². The molecule has 1 heterocycles. The number of amides is 1. The minimum absolute atomic E-state index is 0.221. The fourth-order valence-corrected chi connectivity index (χ4v) is 1.87. The molecular formula is C16H21N3O3. The molecule has 0 aliphatic heterocycles. The number of methoxy groups -OCH3 is 1. The molecule has 0 unspecified atom stereocenters. The van der Waals surface area contributed by atoms with Gasteiger partial charge >= 0.3 is 0 Å². The van der Waals surface area contributed by atoms with Crippen LogP contribution in [0.5, 0.6) is 11.5 Å². The lowest BCUT2D eigenvalue weighted by Crippen LogP contribution is -2.12. The number of hydrogen-bond donors (Lipinski definition) is 1. The Labute approximate surface area is 130 Å². The molecule has 0 spiro atoms. The van der Waals surface area contributed by atoms with Crippen molar-refractivity contribution in [2.75, 3.05) is 19.0 Å². The molecule has 0 bridgehead atoms. The largest absolute Gasteiger partial charge is 0.493 e. The molecule has 2 rings (SSSR count). The van der Waals surface area contributed by atoms with E-state index in [0.717, 1.165) is 0 Å². The van der Waals surface area contributed by atoms with Crippen LogP contribution in [0.1, 0.15) is 24.2 Å². The van der Waals surface area contributed by atoms with Crippen molar-refractivity contribution in [2.45, 2.75) is 13.8 Å². The van der Waals surface area contributed by atoms with Crippen molar-refractivity contribution in [3.8, 4) is 11.5 Å². The van der Waals surface area contributed by atoms with Crippen molar-refractivity contribution in [3.05, 3.63) is 36.2 Å². The number of hydrogen-bond acceptors (Lipinski definition) is 4. The lowest BCUT2D eigenvalue weighted by molar-refractivity contribution is 0.102. The summed E-state index contributed by atoms with van der Waals surface area (Å²) in [5.41, 5.74) is 1.14. The van der Waals surface area contributed by atoms with E-state index in [-0.39, 0.29) is 5.91 Å². The maximum atomic E-state index is 12.2. The van der Waals surface area contributed by atoms with Crippen LogP contribution in [0.3, 0.4) is 0 Å². The topological polar surface area (TPSA) is 65.4 Å². The Balaban J connectivity index is 2.12. The maximum Gasteiger partial charge on any atom is 0.255 e. The second-order valence-corrected chi connectivity index (χ2v) is 5.43. The summed E-state index contributed by atoms with van der Waals surface area (Å²) < 4.78 is 12.6. The monoisotopic (exact) mass is 303 g/mol. The first kappa shape index (κ1) is 15.9. The van der Waals surface area contributed by atoms with Crippen LogP contribution >= 0.6 is 0 Å². The van der Waals surface area contributed by atoms with E-state index in [2.05, 4.69) is 24.3 Å². The van der Waals surface area contributed by atoms with Crippen LogP contribution in [0.15, 0.2) is 30.6 Å². The zero-order chi connectivity index (χ0) is 16.1. The van der Waals surface area contributed by atoms with Gasteiger partial charge in [0.1, 0.15) is 0 Å². The number of aromatic nitrogens is 2. The smallest absolute Gasteiger partial charge is 0.255 e. The van der Waals surface area contributed by atoms with Gasteiger partial charge in [-0.2, -0.15) is 5.10 Å². The van der Waals surface area contributed by atoms with E-state index in [9.17, 15) is 4.79 Å². The Morgan fingerprint density at radius 2 is 2.14 bits per heavy atom. The average Bonchev–Trinajstić information content (AvgIpc) is 2.89. The van der Waals surface area contributed by atoms with Gasteiger partial charge < -0.3 is 14.8 Å². The Morgan fingerprint density at radius 3 is 2.73 bits per heavy atom. The van der Waals surface area contributed by atoms with E-state index in [1.165, 1.54) is 0 Å². The molecule has 0 aliphatic rings. The zero-order valence-electron chi connectivity index (χ0n) is 13.3. The van der Waals surface area contributed by atoms with Gasteiger partial charge in [0, 0.05) is 18.8 Å². The molecule has 22 heavy (non-hydrogen) atoms. The summed E-state index contributed by atoms with van der Waals surface area (Å²) in [6.07, 6.45) is 3.32. The Hall–Kier alpha value is -2.50. The predicted molar refractivity (Wildman–Crippen MR) is 84.5 cm³/mol. The molecule has 6 nitrogen and oxygen atoms in total. The third-order valence-electron chi connectivity index (χ3n) is 2.96. The Kier molecular flexibility index (Phi) is 5.04. The standard InChI is InChI=1S/C16H21N3O3/c1-11(2)10-22-14-6-5-12(7-15(14)21-4)16(20)18-13-8-17-19(3)9-13/h5-9,11H,10H2,1-4H3,(H,18,20). The van der Waals surface area contributed by atoms with Crippen LogP contribution in [0.2, 0.25) is 0 Å². The number of carbonyl (C=O) groups is 1. The lowest BCUT2D eigenvalue weighted by Gasteiger charge is -2.13. The molecule has 2 aromatic rings. The van der Waals surface area contributed by atoms with E-state index >= 15 is 0 Å². The minimum atomic E-state index is -0.221. The third kappa shape index (κ3) is 4.00. The minimum Gasteiger partial charge on any atom is -0.493 e. The molecule has 0 fully saturated rings. The maximum absolute atomic E-state index is 12.2. The summed E-state index contributed by atoms with van der Waals surface area (Å²) in [4.78, 5) is 12.2. The number of carbonyl (C=O) groups excluding carboxylic acids is 1. The molecule has 1 amide bonds. The zero-order valence-corrected chi connectivity index (χ0v) is 13.3. The van der Waals surface area contributed by atoms with Gasteiger partial charge in [-0.25, -0.2) is 0 Å². The fourth-order valence-electron chi connectivity index (χ4n) is 1.87. The van der Waals surface area contributed by atoms with Gasteiger partial charge in [-0.1, -0.05) is 13.8 Å². The molecule has 0 atom stereocenters. The predicted octanol–water partition coefficient (Wildman–Crippen LogP) is 2.72. The molecule has 1 aromatic carbocycles. The van der Waals surface area contributed by atoms with E-state index in [0.29, 0.717) is 35.3 Å². The first-order valence-electron chi connectivity index (χ1n) is 7.10. The van der Waals surface area contributed by atoms with Crippen LogP contribution in [0, 0.1) is 5.92 Å². The summed E-state index contributed by atoms with van der Waals surface area (Å²) in [6.45, 7) is 4.74. The Morgan fingerprint density at radius 1 is 1.36 bits per heavy atom. The summed E-state index contributed by atoms with van der Waals surface area (Å²) in [5.74, 6) is 1.37. The van der Waals surface area contributed by atoms with Crippen molar-refractivity contribution in [1.29, 1.82) is 0 Å². The second-order valence-electron chi connectivity index (χ2n) is 5.43. The molecule has 0 radical (unpaired) electrons. The highest BCUT2D eigenvalue weighted by molar-refractivity contribution is 6.04. The van der Waals surface area contributed by atoms with Gasteiger partial charge in [-0.15, -0.1) is 0 Å². The van der Waals surface area contributed by atoms with E-state index in [4.69, 9.17) is 9.47 Å². The first-order chi connectivity index (χ1) is 10.5. The van der Waals surface area contributed by atoms with E-state index in [1.54, 1.807) is 49.4 Å². The van der Waals surface area contributed by atoms with Crippen LogP contribution < -0.4 is 14.8 Å². The lowest BCUT2D eigenvalue weighted by atomic mass is 10.2. The number of rotatable bonds is 6. The SMILES string of the molecule is COc1cc(C(=O)Nc2cnn(C)c2)ccc1OCC(C)C. The summed E-state index contributed by atoms with van der Waals surface area (Å²) in [6, 6.07) is 5.13.